The summed E-state index contributed by atoms with van der Waals surface area (Å²) in [5.41, 5.74) is 0. The lowest BCUT2D eigenvalue weighted by atomic mass is 9.98. The zero-order chi connectivity index (χ0) is 45.5. The molecule has 362 valence electrons. The fourth-order valence-electron chi connectivity index (χ4n) is 7.68. The molecule has 0 bridgehead atoms. The van der Waals surface area contributed by atoms with E-state index >= 15 is 0 Å². The Bertz CT molecular complexity index is 1150. The molecule has 1 rings (SSSR count). The van der Waals surface area contributed by atoms with Crippen molar-refractivity contribution in [1.82, 2.24) is 5.32 Å². The summed E-state index contributed by atoms with van der Waals surface area (Å²) < 4.78 is 11.1. The van der Waals surface area contributed by atoms with Crippen molar-refractivity contribution in [3.8, 4) is 0 Å². The Balaban J connectivity index is 2.45. The summed E-state index contributed by atoms with van der Waals surface area (Å²) in [5.74, 6) is -0.716. The third-order valence-electron chi connectivity index (χ3n) is 11.9. The van der Waals surface area contributed by atoms with E-state index in [1.165, 1.54) is 103 Å². The zero-order valence-electron chi connectivity index (χ0n) is 39.1. The van der Waals surface area contributed by atoms with Gasteiger partial charge in [0.15, 0.2) is 6.29 Å². The molecular formula is C51H93NO10. The van der Waals surface area contributed by atoms with Crippen molar-refractivity contribution in [3.63, 3.8) is 0 Å². The summed E-state index contributed by atoms with van der Waals surface area (Å²) in [7, 11) is 0. The van der Waals surface area contributed by atoms with E-state index < -0.39 is 74.2 Å². The molecule has 1 fully saturated rings. The molecule has 0 aromatic carbocycles. The maximum absolute atomic E-state index is 13.1. The van der Waals surface area contributed by atoms with E-state index in [1.54, 1.807) is 0 Å². The van der Waals surface area contributed by atoms with Crippen LogP contribution in [0.5, 0.6) is 0 Å². The van der Waals surface area contributed by atoms with Crippen LogP contribution in [0.1, 0.15) is 200 Å². The van der Waals surface area contributed by atoms with Gasteiger partial charge in [0.05, 0.1) is 25.4 Å². The number of unbranched alkanes of at least 4 members (excludes halogenated alkanes) is 22. The Morgan fingerprint density at radius 2 is 1.02 bits per heavy atom. The molecular weight excluding hydrogens is 787 g/mol. The first-order valence-corrected chi connectivity index (χ1v) is 25.1. The first-order chi connectivity index (χ1) is 30.2. The number of carbonyl (C=O) groups excluding carboxylic acids is 1. The van der Waals surface area contributed by atoms with Crippen molar-refractivity contribution in [1.29, 1.82) is 0 Å². The molecule has 0 aromatic heterocycles. The van der Waals surface area contributed by atoms with E-state index in [0.29, 0.717) is 19.3 Å². The number of allylic oxidation sites excluding steroid dienone is 8. The van der Waals surface area contributed by atoms with Crippen molar-refractivity contribution in [2.75, 3.05) is 13.2 Å². The summed E-state index contributed by atoms with van der Waals surface area (Å²) in [5, 5.41) is 75.8. The Morgan fingerprint density at radius 3 is 1.56 bits per heavy atom. The Labute approximate surface area is 377 Å². The second-order valence-corrected chi connectivity index (χ2v) is 17.5. The lowest BCUT2D eigenvalue weighted by Crippen LogP contribution is -2.60. The van der Waals surface area contributed by atoms with Gasteiger partial charge in [-0.05, 0) is 77.0 Å². The van der Waals surface area contributed by atoms with Gasteiger partial charge in [0.1, 0.15) is 36.6 Å². The fourth-order valence-corrected chi connectivity index (χ4v) is 7.68. The van der Waals surface area contributed by atoms with Crippen LogP contribution in [0.25, 0.3) is 0 Å². The monoisotopic (exact) mass is 880 g/mol. The number of rotatable bonds is 41. The molecule has 1 saturated heterocycles. The quantitative estimate of drug-likeness (QED) is 0.0167. The lowest BCUT2D eigenvalue weighted by molar-refractivity contribution is -0.303. The smallest absolute Gasteiger partial charge is 0.249 e. The predicted molar refractivity (Wildman–Crippen MR) is 251 cm³/mol. The average molecular weight is 880 g/mol. The molecule has 0 spiro atoms. The standard InChI is InChI=1S/C51H93NO10/c1-3-5-7-9-11-13-15-17-19-21-23-25-27-29-31-33-35-37-39-44(55)50(60)52-42(41-61-51-49(59)48(58)47(57)45(40-53)62-51)46(56)43(54)38-36-34-32-30-28-26-24-22-20-18-16-14-12-10-8-6-4-2/h11,13,15,17,22,24,30,32,42-49,51,53-59H,3-10,12,14,16,18-21,23,25-29,31,33-41H2,1-2H3,(H,52,60)/b13-11-,17-15-,24-22+,32-30+. The van der Waals surface area contributed by atoms with Gasteiger partial charge in [0.25, 0.3) is 0 Å². The Morgan fingerprint density at radius 1 is 0.565 bits per heavy atom. The molecule has 1 heterocycles. The van der Waals surface area contributed by atoms with Crippen LogP contribution in [-0.4, -0.2) is 110 Å². The average Bonchev–Trinajstić information content (AvgIpc) is 3.27. The second kappa shape index (κ2) is 40.6. The molecule has 8 N–H and O–H groups in total. The largest absolute Gasteiger partial charge is 0.394 e. The SMILES string of the molecule is CCCCC/C=C\C=C/CCCCCCCCCCCC(O)C(=O)NC(COC1OC(CO)C(O)C(O)C1O)C(O)C(O)CCC/C=C/CC/C=C/CCCCCCCCCC. The Hall–Kier alpha value is -1.93. The molecule has 0 aromatic rings. The van der Waals surface area contributed by atoms with Crippen LogP contribution in [0, 0.1) is 0 Å². The number of aliphatic hydroxyl groups is 7. The number of aliphatic hydroxyl groups excluding tert-OH is 7. The molecule has 9 atom stereocenters. The topological polar surface area (TPSA) is 189 Å². The maximum atomic E-state index is 13.1. The van der Waals surface area contributed by atoms with Crippen LogP contribution < -0.4 is 5.32 Å². The van der Waals surface area contributed by atoms with Crippen LogP contribution in [0.15, 0.2) is 48.6 Å². The Kier molecular flexibility index (Phi) is 38.0. The first kappa shape index (κ1) is 58.1. The van der Waals surface area contributed by atoms with Gasteiger partial charge in [-0.25, -0.2) is 0 Å². The molecule has 0 aliphatic carbocycles. The number of carbonyl (C=O) groups is 1. The molecule has 62 heavy (non-hydrogen) atoms. The third kappa shape index (κ3) is 29.5. The summed E-state index contributed by atoms with van der Waals surface area (Å²) in [6.45, 7) is 3.39. The molecule has 1 aliphatic rings. The number of nitrogens with one attached hydrogen (secondary N) is 1. The van der Waals surface area contributed by atoms with E-state index in [9.17, 15) is 40.5 Å². The van der Waals surface area contributed by atoms with Crippen molar-refractivity contribution >= 4 is 5.91 Å². The van der Waals surface area contributed by atoms with E-state index in [2.05, 4.69) is 67.8 Å². The second-order valence-electron chi connectivity index (χ2n) is 17.5. The van der Waals surface area contributed by atoms with Gasteiger partial charge < -0.3 is 50.5 Å². The van der Waals surface area contributed by atoms with Crippen molar-refractivity contribution in [3.05, 3.63) is 48.6 Å². The molecule has 11 nitrogen and oxygen atoms in total. The van der Waals surface area contributed by atoms with E-state index in [4.69, 9.17) is 9.47 Å². The van der Waals surface area contributed by atoms with Crippen LogP contribution in [0.4, 0.5) is 0 Å². The van der Waals surface area contributed by atoms with Gasteiger partial charge in [0, 0.05) is 0 Å². The highest BCUT2D eigenvalue weighted by molar-refractivity contribution is 5.80. The van der Waals surface area contributed by atoms with E-state index in [1.807, 2.05) is 0 Å². The number of hydrogen-bond acceptors (Lipinski definition) is 10. The lowest BCUT2D eigenvalue weighted by Gasteiger charge is -2.40. The summed E-state index contributed by atoms with van der Waals surface area (Å²) in [4.78, 5) is 13.1. The highest BCUT2D eigenvalue weighted by Crippen LogP contribution is 2.23. The minimum atomic E-state index is -1.67. The molecule has 9 unspecified atom stereocenters. The van der Waals surface area contributed by atoms with Crippen LogP contribution >= 0.6 is 0 Å². The van der Waals surface area contributed by atoms with E-state index in [0.717, 1.165) is 51.4 Å². The molecule has 1 aliphatic heterocycles. The normalized spacial score (nSPS) is 21.7. The molecule has 1 amide bonds. The van der Waals surface area contributed by atoms with Gasteiger partial charge in [-0.15, -0.1) is 0 Å². The first-order valence-electron chi connectivity index (χ1n) is 25.1. The van der Waals surface area contributed by atoms with Gasteiger partial charge in [-0.3, -0.25) is 4.79 Å². The van der Waals surface area contributed by atoms with Crippen LogP contribution in [0.2, 0.25) is 0 Å². The minimum Gasteiger partial charge on any atom is -0.394 e. The van der Waals surface area contributed by atoms with Crippen molar-refractivity contribution in [2.45, 2.75) is 255 Å². The highest BCUT2D eigenvalue weighted by atomic mass is 16.7. The van der Waals surface area contributed by atoms with Crippen molar-refractivity contribution < 1.29 is 50.0 Å². The fraction of sp³-hybridized carbons (Fsp3) is 0.824. The van der Waals surface area contributed by atoms with Crippen LogP contribution in [0.3, 0.4) is 0 Å². The van der Waals surface area contributed by atoms with E-state index in [-0.39, 0.29) is 12.8 Å². The zero-order valence-corrected chi connectivity index (χ0v) is 39.1. The van der Waals surface area contributed by atoms with Gasteiger partial charge in [0.2, 0.25) is 5.91 Å². The molecule has 11 heteroatoms. The molecule has 0 radical (unpaired) electrons. The molecule has 0 saturated carbocycles. The number of hydrogen-bond donors (Lipinski definition) is 8. The summed E-state index contributed by atoms with van der Waals surface area (Å²) in [6.07, 6.45) is 37.2. The number of ether oxygens (including phenoxy) is 2. The summed E-state index contributed by atoms with van der Waals surface area (Å²) >= 11 is 0. The van der Waals surface area contributed by atoms with Crippen molar-refractivity contribution in [2.24, 2.45) is 0 Å². The van der Waals surface area contributed by atoms with Gasteiger partial charge in [-0.1, -0.05) is 172 Å². The third-order valence-corrected chi connectivity index (χ3v) is 11.9. The highest BCUT2D eigenvalue weighted by Gasteiger charge is 2.44. The van der Waals surface area contributed by atoms with Gasteiger partial charge in [-0.2, -0.15) is 0 Å². The number of amides is 1. The van der Waals surface area contributed by atoms with Gasteiger partial charge >= 0.3 is 0 Å². The minimum absolute atomic E-state index is 0.244. The summed E-state index contributed by atoms with van der Waals surface area (Å²) in [6, 6.07) is -1.19. The van der Waals surface area contributed by atoms with Crippen LogP contribution in [-0.2, 0) is 14.3 Å². The predicted octanol–water partition coefficient (Wildman–Crippen LogP) is 8.95. The maximum Gasteiger partial charge on any atom is 0.249 e.